The van der Waals surface area contributed by atoms with Gasteiger partial charge in [-0.05, 0) is 42.8 Å². The highest BCUT2D eigenvalue weighted by atomic mass is 16.5. The van der Waals surface area contributed by atoms with Crippen LogP contribution in [0, 0.1) is 18.3 Å². The summed E-state index contributed by atoms with van der Waals surface area (Å²) < 4.78 is 5.16. The van der Waals surface area contributed by atoms with Gasteiger partial charge in [0.15, 0.2) is 6.61 Å². The topological polar surface area (TPSA) is 99.5 Å². The Balaban J connectivity index is 1.89. The van der Waals surface area contributed by atoms with Gasteiger partial charge in [-0.2, -0.15) is 5.26 Å². The standard InChI is InChI=1S/C20H15N3O4/c1-13-2-6-15(7-3-13)23-19(25)17(18(24)22-20(23)26)12-14-4-8-16(9-5-14)27-11-10-21/h2-9,12H,11H2,1H3,(H,22,24,26). The van der Waals surface area contributed by atoms with Crippen molar-refractivity contribution in [1.82, 2.24) is 5.32 Å². The lowest BCUT2D eigenvalue weighted by molar-refractivity contribution is -0.122. The summed E-state index contributed by atoms with van der Waals surface area (Å²) in [4.78, 5) is 38.0. The second kappa shape index (κ2) is 7.54. The van der Waals surface area contributed by atoms with Crippen molar-refractivity contribution in [2.24, 2.45) is 0 Å². The molecule has 0 spiro atoms. The third-order valence-corrected chi connectivity index (χ3v) is 3.89. The van der Waals surface area contributed by atoms with Gasteiger partial charge in [0.05, 0.1) is 5.69 Å². The number of nitrogens with zero attached hydrogens (tertiary/aromatic N) is 2. The molecule has 1 aliphatic heterocycles. The van der Waals surface area contributed by atoms with Gasteiger partial charge in [0.1, 0.15) is 17.4 Å². The highest BCUT2D eigenvalue weighted by molar-refractivity contribution is 6.39. The molecule has 27 heavy (non-hydrogen) atoms. The number of carbonyl (C=O) groups excluding carboxylic acids is 3. The summed E-state index contributed by atoms with van der Waals surface area (Å²) in [5.74, 6) is -0.954. The van der Waals surface area contributed by atoms with Crippen LogP contribution in [-0.4, -0.2) is 24.5 Å². The van der Waals surface area contributed by atoms with Crippen molar-refractivity contribution < 1.29 is 19.1 Å². The quantitative estimate of drug-likeness (QED) is 0.666. The number of rotatable bonds is 4. The van der Waals surface area contributed by atoms with Gasteiger partial charge in [0, 0.05) is 0 Å². The molecule has 1 saturated heterocycles. The van der Waals surface area contributed by atoms with E-state index in [1.54, 1.807) is 48.5 Å². The molecule has 0 aliphatic carbocycles. The summed E-state index contributed by atoms with van der Waals surface area (Å²) in [6.45, 7) is 1.82. The smallest absolute Gasteiger partial charge is 0.335 e. The van der Waals surface area contributed by atoms with E-state index in [4.69, 9.17) is 10.00 Å². The third kappa shape index (κ3) is 3.85. The molecular formula is C20H15N3O4. The normalized spacial score (nSPS) is 15.5. The Hall–Kier alpha value is -3.92. The van der Waals surface area contributed by atoms with Crippen LogP contribution in [0.3, 0.4) is 0 Å². The molecule has 1 heterocycles. The van der Waals surface area contributed by atoms with Gasteiger partial charge >= 0.3 is 6.03 Å². The average molecular weight is 361 g/mol. The van der Waals surface area contributed by atoms with E-state index in [1.807, 2.05) is 13.0 Å². The first-order valence-corrected chi connectivity index (χ1v) is 8.07. The largest absolute Gasteiger partial charge is 0.479 e. The molecule has 0 aromatic heterocycles. The fraction of sp³-hybridized carbons (Fsp3) is 0.100. The third-order valence-electron chi connectivity index (χ3n) is 3.89. The number of anilines is 1. The minimum Gasteiger partial charge on any atom is -0.479 e. The van der Waals surface area contributed by atoms with E-state index in [0.717, 1.165) is 10.5 Å². The maximum atomic E-state index is 12.8. The Morgan fingerprint density at radius 1 is 1.07 bits per heavy atom. The number of hydrogen-bond donors (Lipinski definition) is 1. The van der Waals surface area contributed by atoms with Gasteiger partial charge in [0.2, 0.25) is 0 Å². The van der Waals surface area contributed by atoms with E-state index >= 15 is 0 Å². The highest BCUT2D eigenvalue weighted by Gasteiger charge is 2.36. The van der Waals surface area contributed by atoms with Crippen molar-refractivity contribution in [2.45, 2.75) is 6.92 Å². The van der Waals surface area contributed by atoms with Gasteiger partial charge < -0.3 is 4.74 Å². The predicted molar refractivity (Wildman–Crippen MR) is 97.7 cm³/mol. The number of urea groups is 1. The van der Waals surface area contributed by atoms with Gasteiger partial charge in [-0.3, -0.25) is 14.9 Å². The Bertz CT molecular complexity index is 970. The second-order valence-corrected chi connectivity index (χ2v) is 5.81. The monoisotopic (exact) mass is 361 g/mol. The van der Waals surface area contributed by atoms with Crippen molar-refractivity contribution in [3.63, 3.8) is 0 Å². The maximum absolute atomic E-state index is 12.8. The summed E-state index contributed by atoms with van der Waals surface area (Å²) in [5, 5.41) is 10.7. The van der Waals surface area contributed by atoms with Crippen LogP contribution in [0.25, 0.3) is 6.08 Å². The molecule has 0 radical (unpaired) electrons. The van der Waals surface area contributed by atoms with Crippen molar-refractivity contribution in [3.05, 3.63) is 65.2 Å². The minimum atomic E-state index is -0.786. The molecule has 1 aliphatic rings. The van der Waals surface area contributed by atoms with E-state index in [2.05, 4.69) is 5.32 Å². The summed E-state index contributed by atoms with van der Waals surface area (Å²) >= 11 is 0. The molecule has 7 heteroatoms. The van der Waals surface area contributed by atoms with Crippen LogP contribution < -0.4 is 15.0 Å². The van der Waals surface area contributed by atoms with Crippen LogP contribution in [0.5, 0.6) is 5.75 Å². The molecule has 0 unspecified atom stereocenters. The minimum absolute atomic E-state index is 0.0745. The molecule has 134 valence electrons. The zero-order valence-corrected chi connectivity index (χ0v) is 14.4. The fourth-order valence-electron chi connectivity index (χ4n) is 2.53. The molecule has 7 nitrogen and oxygen atoms in total. The number of aryl methyl sites for hydroxylation is 1. The van der Waals surface area contributed by atoms with Crippen molar-refractivity contribution in [1.29, 1.82) is 5.26 Å². The van der Waals surface area contributed by atoms with Crippen LogP contribution >= 0.6 is 0 Å². The van der Waals surface area contributed by atoms with Gasteiger partial charge in [0.25, 0.3) is 11.8 Å². The van der Waals surface area contributed by atoms with E-state index < -0.39 is 17.8 Å². The molecule has 1 fully saturated rings. The van der Waals surface area contributed by atoms with Gasteiger partial charge in [-0.15, -0.1) is 0 Å². The summed E-state index contributed by atoms with van der Waals surface area (Å²) in [5.41, 5.74) is 1.78. The van der Waals surface area contributed by atoms with Crippen molar-refractivity contribution in [3.8, 4) is 11.8 Å². The first-order chi connectivity index (χ1) is 13.0. The molecule has 1 N–H and O–H groups in total. The van der Waals surface area contributed by atoms with E-state index in [9.17, 15) is 14.4 Å². The lowest BCUT2D eigenvalue weighted by Crippen LogP contribution is -2.54. The first-order valence-electron chi connectivity index (χ1n) is 8.07. The summed E-state index contributed by atoms with van der Waals surface area (Å²) in [7, 11) is 0. The lowest BCUT2D eigenvalue weighted by atomic mass is 10.1. The van der Waals surface area contributed by atoms with Crippen LogP contribution in [0.4, 0.5) is 10.5 Å². The summed E-state index contributed by atoms with van der Waals surface area (Å²) in [6, 6.07) is 14.4. The molecule has 3 rings (SSSR count). The lowest BCUT2D eigenvalue weighted by Gasteiger charge is -2.26. The Morgan fingerprint density at radius 2 is 1.74 bits per heavy atom. The van der Waals surface area contributed by atoms with Crippen molar-refractivity contribution >= 4 is 29.6 Å². The number of ether oxygens (including phenoxy) is 1. The van der Waals surface area contributed by atoms with E-state index in [0.29, 0.717) is 17.0 Å². The zero-order chi connectivity index (χ0) is 19.4. The number of hydrogen-bond acceptors (Lipinski definition) is 5. The van der Waals surface area contributed by atoms with Crippen LogP contribution in [0.15, 0.2) is 54.1 Å². The summed E-state index contributed by atoms with van der Waals surface area (Å²) in [6.07, 6.45) is 1.40. The Morgan fingerprint density at radius 3 is 2.37 bits per heavy atom. The van der Waals surface area contributed by atoms with Gasteiger partial charge in [-0.25, -0.2) is 9.69 Å². The van der Waals surface area contributed by atoms with Crippen molar-refractivity contribution in [2.75, 3.05) is 11.5 Å². The van der Waals surface area contributed by atoms with Crippen LogP contribution in [-0.2, 0) is 9.59 Å². The molecular weight excluding hydrogens is 346 g/mol. The molecule has 2 aromatic rings. The SMILES string of the molecule is Cc1ccc(N2C(=O)NC(=O)C(=Cc3ccc(OCC#N)cc3)C2=O)cc1. The van der Waals surface area contributed by atoms with Gasteiger partial charge in [-0.1, -0.05) is 29.8 Å². The zero-order valence-electron chi connectivity index (χ0n) is 14.4. The number of nitrogens with one attached hydrogen (secondary N) is 1. The Kier molecular flexibility index (Phi) is 4.99. The van der Waals surface area contributed by atoms with Crippen LogP contribution in [0.1, 0.15) is 11.1 Å². The number of nitriles is 1. The van der Waals surface area contributed by atoms with E-state index in [1.165, 1.54) is 6.08 Å². The average Bonchev–Trinajstić information content (AvgIpc) is 2.66. The number of carbonyl (C=O) groups is 3. The number of imide groups is 2. The highest BCUT2D eigenvalue weighted by Crippen LogP contribution is 2.23. The molecule has 0 atom stereocenters. The predicted octanol–water partition coefficient (Wildman–Crippen LogP) is 2.56. The second-order valence-electron chi connectivity index (χ2n) is 5.81. The number of barbiturate groups is 1. The maximum Gasteiger partial charge on any atom is 0.335 e. The molecule has 0 bridgehead atoms. The Labute approximate surface area is 155 Å². The van der Waals surface area contributed by atoms with Crippen LogP contribution in [0.2, 0.25) is 0 Å². The van der Waals surface area contributed by atoms with E-state index in [-0.39, 0.29) is 12.2 Å². The molecule has 2 aromatic carbocycles. The first kappa shape index (κ1) is 17.9. The number of amides is 4. The fourth-order valence-corrected chi connectivity index (χ4v) is 2.53. The number of benzene rings is 2. The molecule has 4 amide bonds. The molecule has 0 saturated carbocycles.